The van der Waals surface area contributed by atoms with Crippen molar-refractivity contribution >= 4 is 11.6 Å². The number of carbonyl (C=O) groups is 1. The van der Waals surface area contributed by atoms with Gasteiger partial charge in [0.05, 0.1) is 5.69 Å². The minimum atomic E-state index is -0.00953. The lowest BCUT2D eigenvalue weighted by atomic mass is 9.89. The summed E-state index contributed by atoms with van der Waals surface area (Å²) < 4.78 is 2.15. The molecular formula is C24H30N4O. The molecule has 152 valence electrons. The molecule has 5 nitrogen and oxygen atoms in total. The SMILES string of the molecule is CCN1CCN(C(=O)CC(c2ccccc2C)c2cnc3c(C)cccn23)CC1. The Bertz CT molecular complexity index is 1000. The van der Waals surface area contributed by atoms with Crippen LogP contribution in [0.15, 0.2) is 48.8 Å². The Morgan fingerprint density at radius 1 is 1.03 bits per heavy atom. The summed E-state index contributed by atoms with van der Waals surface area (Å²) in [6, 6.07) is 12.5. The van der Waals surface area contributed by atoms with E-state index in [4.69, 9.17) is 0 Å². The fourth-order valence-corrected chi connectivity index (χ4v) is 4.40. The molecule has 1 aromatic carbocycles. The maximum absolute atomic E-state index is 13.3. The van der Waals surface area contributed by atoms with Crippen molar-refractivity contribution in [3.8, 4) is 0 Å². The topological polar surface area (TPSA) is 40.8 Å². The third-order valence-corrected chi connectivity index (χ3v) is 6.23. The van der Waals surface area contributed by atoms with Crippen molar-refractivity contribution in [1.82, 2.24) is 19.2 Å². The van der Waals surface area contributed by atoms with Crippen molar-refractivity contribution in [3.05, 3.63) is 71.2 Å². The van der Waals surface area contributed by atoms with Gasteiger partial charge in [0.15, 0.2) is 0 Å². The lowest BCUT2D eigenvalue weighted by Gasteiger charge is -2.35. The number of carbonyl (C=O) groups excluding carboxylic acids is 1. The summed E-state index contributed by atoms with van der Waals surface area (Å²) >= 11 is 0. The Morgan fingerprint density at radius 3 is 2.48 bits per heavy atom. The summed E-state index contributed by atoms with van der Waals surface area (Å²) in [5.74, 6) is 0.223. The highest BCUT2D eigenvalue weighted by Gasteiger charge is 2.27. The smallest absolute Gasteiger partial charge is 0.223 e. The fraction of sp³-hybridized carbons (Fsp3) is 0.417. The van der Waals surface area contributed by atoms with Crippen LogP contribution in [-0.4, -0.2) is 57.8 Å². The summed E-state index contributed by atoms with van der Waals surface area (Å²) in [5.41, 5.74) is 5.60. The number of aryl methyl sites for hydroxylation is 2. The fourth-order valence-electron chi connectivity index (χ4n) is 4.40. The molecule has 0 radical (unpaired) electrons. The van der Waals surface area contributed by atoms with E-state index in [1.54, 1.807) is 0 Å². The highest BCUT2D eigenvalue weighted by Crippen LogP contribution is 2.32. The molecule has 1 aliphatic heterocycles. The molecule has 0 aliphatic carbocycles. The van der Waals surface area contributed by atoms with Gasteiger partial charge in [0.25, 0.3) is 0 Å². The highest BCUT2D eigenvalue weighted by molar-refractivity contribution is 5.78. The van der Waals surface area contributed by atoms with Gasteiger partial charge in [-0.25, -0.2) is 4.98 Å². The Hall–Kier alpha value is -2.66. The van der Waals surface area contributed by atoms with Gasteiger partial charge in [-0.05, 0) is 43.1 Å². The number of likely N-dealkylation sites (N-methyl/N-ethyl adjacent to an activating group) is 1. The molecular weight excluding hydrogens is 360 g/mol. The van der Waals surface area contributed by atoms with Gasteiger partial charge in [-0.2, -0.15) is 0 Å². The van der Waals surface area contributed by atoms with E-state index in [1.165, 1.54) is 11.1 Å². The second-order valence-corrected chi connectivity index (χ2v) is 8.00. The first-order valence-corrected chi connectivity index (χ1v) is 10.6. The van der Waals surface area contributed by atoms with Gasteiger partial charge in [0, 0.05) is 50.9 Å². The number of piperazine rings is 1. The molecule has 2 aromatic heterocycles. The van der Waals surface area contributed by atoms with Crippen LogP contribution < -0.4 is 0 Å². The van der Waals surface area contributed by atoms with Crippen LogP contribution in [-0.2, 0) is 4.79 Å². The number of nitrogens with zero attached hydrogens (tertiary/aromatic N) is 4. The third-order valence-electron chi connectivity index (χ3n) is 6.23. The van der Waals surface area contributed by atoms with E-state index in [-0.39, 0.29) is 11.8 Å². The van der Waals surface area contributed by atoms with Crippen LogP contribution in [0.1, 0.15) is 41.6 Å². The van der Waals surface area contributed by atoms with Gasteiger partial charge in [-0.3, -0.25) is 4.79 Å². The van der Waals surface area contributed by atoms with Gasteiger partial charge in [-0.15, -0.1) is 0 Å². The predicted octanol–water partition coefficient (Wildman–Crippen LogP) is 3.64. The number of amides is 1. The van der Waals surface area contributed by atoms with Crippen LogP contribution in [0.2, 0.25) is 0 Å². The number of imidazole rings is 1. The Labute approximate surface area is 173 Å². The molecule has 1 fully saturated rings. The summed E-state index contributed by atoms with van der Waals surface area (Å²) in [4.78, 5) is 22.4. The first kappa shape index (κ1) is 19.6. The number of hydrogen-bond acceptors (Lipinski definition) is 3. The van der Waals surface area contributed by atoms with Crippen molar-refractivity contribution in [3.63, 3.8) is 0 Å². The van der Waals surface area contributed by atoms with Crippen LogP contribution in [0, 0.1) is 13.8 Å². The predicted molar refractivity (Wildman–Crippen MR) is 116 cm³/mol. The quantitative estimate of drug-likeness (QED) is 0.668. The van der Waals surface area contributed by atoms with Crippen LogP contribution in [0.3, 0.4) is 0 Å². The number of hydrogen-bond donors (Lipinski definition) is 0. The standard InChI is InChI=1S/C24H30N4O/c1-4-26-12-14-27(15-13-26)23(29)16-21(20-10-6-5-8-18(20)2)22-17-25-24-19(3)9-7-11-28(22)24/h5-11,17,21H,4,12-16H2,1-3H3. The molecule has 1 amide bonds. The minimum absolute atomic E-state index is 0.00953. The van der Waals surface area contributed by atoms with Crippen molar-refractivity contribution < 1.29 is 4.79 Å². The van der Waals surface area contributed by atoms with Crippen molar-refractivity contribution in [2.24, 2.45) is 0 Å². The molecule has 0 bridgehead atoms. The van der Waals surface area contributed by atoms with Crippen molar-refractivity contribution in [2.45, 2.75) is 33.1 Å². The number of fused-ring (bicyclic) bond motifs is 1. The minimum Gasteiger partial charge on any atom is -0.340 e. The lowest BCUT2D eigenvalue weighted by molar-refractivity contribution is -0.133. The molecule has 3 heterocycles. The Kier molecular flexibility index (Phi) is 5.67. The van der Waals surface area contributed by atoms with E-state index in [0.717, 1.165) is 49.6 Å². The molecule has 0 N–H and O–H groups in total. The first-order chi connectivity index (χ1) is 14.1. The second-order valence-electron chi connectivity index (χ2n) is 8.00. The number of benzene rings is 1. The van der Waals surface area contributed by atoms with Crippen LogP contribution in [0.5, 0.6) is 0 Å². The monoisotopic (exact) mass is 390 g/mol. The molecule has 4 rings (SSSR count). The van der Waals surface area contributed by atoms with Crippen LogP contribution in [0.4, 0.5) is 0 Å². The van der Waals surface area contributed by atoms with E-state index in [2.05, 4.69) is 71.6 Å². The van der Waals surface area contributed by atoms with E-state index in [0.29, 0.717) is 6.42 Å². The molecule has 1 atom stereocenters. The maximum Gasteiger partial charge on any atom is 0.223 e. The van der Waals surface area contributed by atoms with Crippen LogP contribution in [0.25, 0.3) is 5.65 Å². The summed E-state index contributed by atoms with van der Waals surface area (Å²) in [7, 11) is 0. The van der Waals surface area contributed by atoms with Gasteiger partial charge in [-0.1, -0.05) is 37.3 Å². The largest absolute Gasteiger partial charge is 0.340 e. The molecule has 3 aromatic rings. The van der Waals surface area contributed by atoms with Crippen molar-refractivity contribution in [2.75, 3.05) is 32.7 Å². The van der Waals surface area contributed by atoms with Gasteiger partial charge < -0.3 is 14.2 Å². The summed E-state index contributed by atoms with van der Waals surface area (Å²) in [6.45, 7) is 11.0. The number of rotatable bonds is 5. The van der Waals surface area contributed by atoms with Crippen LogP contribution >= 0.6 is 0 Å². The van der Waals surface area contributed by atoms with Gasteiger partial charge in [0.1, 0.15) is 5.65 Å². The lowest BCUT2D eigenvalue weighted by Crippen LogP contribution is -2.48. The zero-order valence-corrected chi connectivity index (χ0v) is 17.6. The van der Waals surface area contributed by atoms with Crippen molar-refractivity contribution in [1.29, 1.82) is 0 Å². The van der Waals surface area contributed by atoms with E-state index in [9.17, 15) is 4.79 Å². The second kappa shape index (κ2) is 8.37. The molecule has 1 saturated heterocycles. The molecule has 5 heteroatoms. The molecule has 29 heavy (non-hydrogen) atoms. The van der Waals surface area contributed by atoms with Gasteiger partial charge in [0.2, 0.25) is 5.91 Å². The van der Waals surface area contributed by atoms with E-state index >= 15 is 0 Å². The molecule has 0 saturated carbocycles. The zero-order chi connectivity index (χ0) is 20.4. The van der Waals surface area contributed by atoms with E-state index in [1.807, 2.05) is 17.2 Å². The summed E-state index contributed by atoms with van der Waals surface area (Å²) in [6.07, 6.45) is 4.47. The first-order valence-electron chi connectivity index (χ1n) is 10.6. The normalized spacial score (nSPS) is 16.3. The molecule has 1 unspecified atom stereocenters. The zero-order valence-electron chi connectivity index (χ0n) is 17.6. The third kappa shape index (κ3) is 3.92. The Balaban J connectivity index is 1.67. The van der Waals surface area contributed by atoms with Gasteiger partial charge >= 0.3 is 0 Å². The highest BCUT2D eigenvalue weighted by atomic mass is 16.2. The summed E-state index contributed by atoms with van der Waals surface area (Å²) in [5, 5.41) is 0. The number of pyridine rings is 1. The molecule has 0 spiro atoms. The number of aromatic nitrogens is 2. The molecule has 1 aliphatic rings. The van der Waals surface area contributed by atoms with E-state index < -0.39 is 0 Å². The average molecular weight is 391 g/mol. The Morgan fingerprint density at radius 2 is 1.76 bits per heavy atom. The maximum atomic E-state index is 13.3. The average Bonchev–Trinajstić information content (AvgIpc) is 3.18.